The highest BCUT2D eigenvalue weighted by Crippen LogP contribution is 2.27. The molecule has 1 aromatic heterocycles. The molecule has 0 fully saturated rings. The van der Waals surface area contributed by atoms with E-state index in [1.807, 2.05) is 90.4 Å². The number of hydrogen-bond acceptors (Lipinski definition) is 5. The highest BCUT2D eigenvalue weighted by molar-refractivity contribution is 7.99. The number of carbonyl (C=O) groups is 1. The Bertz CT molecular complexity index is 1190. The van der Waals surface area contributed by atoms with Crippen LogP contribution in [0.5, 0.6) is 5.75 Å². The van der Waals surface area contributed by atoms with Gasteiger partial charge in [-0.3, -0.25) is 9.36 Å². The second-order valence-corrected chi connectivity index (χ2v) is 8.16. The number of rotatable bonds is 8. The summed E-state index contributed by atoms with van der Waals surface area (Å²) in [7, 11) is 1.65. The molecule has 0 unspecified atom stereocenters. The maximum Gasteiger partial charge on any atom is 0.230 e. The van der Waals surface area contributed by atoms with Gasteiger partial charge in [-0.2, -0.15) is 0 Å². The lowest BCUT2D eigenvalue weighted by Gasteiger charge is -2.11. The van der Waals surface area contributed by atoms with E-state index >= 15 is 0 Å². The van der Waals surface area contributed by atoms with Gasteiger partial charge < -0.3 is 10.1 Å². The molecule has 0 aliphatic heterocycles. The zero-order chi connectivity index (χ0) is 22.3. The Kier molecular flexibility index (Phi) is 6.87. The zero-order valence-electron chi connectivity index (χ0n) is 18.0. The van der Waals surface area contributed by atoms with Gasteiger partial charge in [-0.05, 0) is 36.2 Å². The summed E-state index contributed by atoms with van der Waals surface area (Å²) in [4.78, 5) is 12.5. The molecular formula is C25H24N4O2S. The van der Waals surface area contributed by atoms with Crippen molar-refractivity contribution < 1.29 is 9.53 Å². The van der Waals surface area contributed by atoms with Crippen LogP contribution in [0.15, 0.2) is 84.0 Å². The monoisotopic (exact) mass is 444 g/mol. The molecule has 1 N–H and O–H groups in total. The van der Waals surface area contributed by atoms with E-state index in [-0.39, 0.29) is 11.7 Å². The highest BCUT2D eigenvalue weighted by Gasteiger charge is 2.17. The second kappa shape index (κ2) is 10.2. The van der Waals surface area contributed by atoms with Crippen LogP contribution in [-0.2, 0) is 11.3 Å². The van der Waals surface area contributed by atoms with Gasteiger partial charge in [-0.25, -0.2) is 0 Å². The number of amides is 1. The molecule has 0 bridgehead atoms. The average Bonchev–Trinajstić information content (AvgIpc) is 3.27. The lowest BCUT2D eigenvalue weighted by Crippen LogP contribution is -2.24. The number of benzene rings is 3. The Morgan fingerprint density at radius 3 is 2.44 bits per heavy atom. The number of methoxy groups -OCH3 is 1. The summed E-state index contributed by atoms with van der Waals surface area (Å²) in [5.41, 5.74) is 3.97. The Balaban J connectivity index is 1.47. The number of thioether (sulfide) groups is 1. The van der Waals surface area contributed by atoms with Crippen LogP contribution < -0.4 is 10.1 Å². The molecule has 32 heavy (non-hydrogen) atoms. The van der Waals surface area contributed by atoms with Crippen molar-refractivity contribution in [3.05, 3.63) is 90.0 Å². The quantitative estimate of drug-likeness (QED) is 0.400. The minimum absolute atomic E-state index is 0.0709. The lowest BCUT2D eigenvalue weighted by atomic mass is 10.1. The molecule has 6 nitrogen and oxygen atoms in total. The number of aromatic nitrogens is 3. The van der Waals surface area contributed by atoms with Crippen LogP contribution in [0.3, 0.4) is 0 Å². The number of nitrogens with zero attached hydrogens (tertiary/aromatic N) is 3. The molecule has 162 valence electrons. The molecule has 0 aliphatic rings. The van der Waals surface area contributed by atoms with Crippen molar-refractivity contribution in [2.75, 3.05) is 12.9 Å². The number of aryl methyl sites for hydroxylation is 1. The summed E-state index contributed by atoms with van der Waals surface area (Å²) in [5, 5.41) is 12.4. The number of para-hydroxylation sites is 1. The molecule has 1 heterocycles. The maximum atomic E-state index is 12.5. The smallest absolute Gasteiger partial charge is 0.230 e. The summed E-state index contributed by atoms with van der Waals surface area (Å²) in [6, 6.07) is 25.8. The molecular weight excluding hydrogens is 420 g/mol. The molecule has 0 spiro atoms. The number of ether oxygens (including phenoxy) is 1. The normalized spacial score (nSPS) is 10.7. The van der Waals surface area contributed by atoms with Crippen LogP contribution in [-0.4, -0.2) is 33.5 Å². The van der Waals surface area contributed by atoms with E-state index in [4.69, 9.17) is 4.74 Å². The number of hydrogen-bond donors (Lipinski definition) is 1. The first-order valence-electron chi connectivity index (χ1n) is 10.2. The van der Waals surface area contributed by atoms with Crippen molar-refractivity contribution in [2.45, 2.75) is 18.6 Å². The molecule has 0 radical (unpaired) electrons. The first kappa shape index (κ1) is 21.6. The predicted octanol–water partition coefficient (Wildman–Crippen LogP) is 4.66. The fourth-order valence-corrected chi connectivity index (χ4v) is 4.09. The molecule has 3 aromatic carbocycles. The molecule has 7 heteroatoms. The third-order valence-corrected chi connectivity index (χ3v) is 5.90. The average molecular weight is 445 g/mol. The molecule has 4 aromatic rings. The van der Waals surface area contributed by atoms with Crippen LogP contribution in [0.25, 0.3) is 17.1 Å². The Morgan fingerprint density at radius 2 is 1.72 bits per heavy atom. The van der Waals surface area contributed by atoms with Crippen molar-refractivity contribution in [3.8, 4) is 22.8 Å². The third kappa shape index (κ3) is 5.00. The third-order valence-electron chi connectivity index (χ3n) is 4.97. The number of carbonyl (C=O) groups excluding carboxylic acids is 1. The van der Waals surface area contributed by atoms with E-state index in [9.17, 15) is 4.79 Å². The van der Waals surface area contributed by atoms with Crippen LogP contribution in [0, 0.1) is 6.92 Å². The standard InChI is InChI=1S/C25H24N4O2S/c1-18-13-14-19(15-22(18)31-2)16-26-23(30)17-32-25-28-27-24(20-9-5-3-6-10-20)29(25)21-11-7-4-8-12-21/h3-15H,16-17H2,1-2H3,(H,26,30). The van der Waals surface area contributed by atoms with Gasteiger partial charge in [-0.15, -0.1) is 10.2 Å². The first-order valence-corrected chi connectivity index (χ1v) is 11.2. The van der Waals surface area contributed by atoms with Crippen molar-refractivity contribution in [3.63, 3.8) is 0 Å². The van der Waals surface area contributed by atoms with Gasteiger partial charge in [0.1, 0.15) is 5.75 Å². The summed E-state index contributed by atoms with van der Waals surface area (Å²) in [5.74, 6) is 1.73. The van der Waals surface area contributed by atoms with Crippen LogP contribution in [0.4, 0.5) is 0 Å². The topological polar surface area (TPSA) is 69.0 Å². The molecule has 0 aliphatic carbocycles. The number of nitrogens with one attached hydrogen (secondary N) is 1. The van der Waals surface area contributed by atoms with Gasteiger partial charge in [0.15, 0.2) is 11.0 Å². The fourth-order valence-electron chi connectivity index (χ4n) is 3.30. The zero-order valence-corrected chi connectivity index (χ0v) is 18.8. The van der Waals surface area contributed by atoms with Gasteiger partial charge in [0.2, 0.25) is 5.91 Å². The van der Waals surface area contributed by atoms with Crippen LogP contribution in [0.1, 0.15) is 11.1 Å². The van der Waals surface area contributed by atoms with E-state index in [1.165, 1.54) is 11.8 Å². The molecule has 0 saturated heterocycles. The largest absolute Gasteiger partial charge is 0.496 e. The van der Waals surface area contributed by atoms with Crippen molar-refractivity contribution in [1.29, 1.82) is 0 Å². The summed E-state index contributed by atoms with van der Waals surface area (Å²) >= 11 is 1.36. The van der Waals surface area contributed by atoms with Gasteiger partial charge in [0.05, 0.1) is 12.9 Å². The van der Waals surface area contributed by atoms with E-state index in [1.54, 1.807) is 7.11 Å². The van der Waals surface area contributed by atoms with Crippen LogP contribution >= 0.6 is 11.8 Å². The summed E-state index contributed by atoms with van der Waals surface area (Å²) in [6.45, 7) is 2.43. The molecule has 4 rings (SSSR count). The maximum absolute atomic E-state index is 12.5. The molecule has 1 amide bonds. The highest BCUT2D eigenvalue weighted by atomic mass is 32.2. The second-order valence-electron chi connectivity index (χ2n) is 7.21. The Hall–Kier alpha value is -3.58. The van der Waals surface area contributed by atoms with Crippen molar-refractivity contribution in [2.24, 2.45) is 0 Å². The van der Waals surface area contributed by atoms with Gasteiger partial charge >= 0.3 is 0 Å². The lowest BCUT2D eigenvalue weighted by molar-refractivity contribution is -0.118. The van der Waals surface area contributed by atoms with Gasteiger partial charge in [0.25, 0.3) is 0 Å². The minimum atomic E-state index is -0.0709. The minimum Gasteiger partial charge on any atom is -0.496 e. The summed E-state index contributed by atoms with van der Waals surface area (Å²) < 4.78 is 7.34. The molecule has 0 atom stereocenters. The fraction of sp³-hybridized carbons (Fsp3) is 0.160. The van der Waals surface area contributed by atoms with Gasteiger partial charge in [0, 0.05) is 17.8 Å². The van der Waals surface area contributed by atoms with Crippen molar-refractivity contribution in [1.82, 2.24) is 20.1 Å². The van der Waals surface area contributed by atoms with Gasteiger partial charge in [-0.1, -0.05) is 72.4 Å². The Labute approximate surface area is 191 Å². The molecule has 0 saturated carbocycles. The van der Waals surface area contributed by atoms with E-state index < -0.39 is 0 Å². The van der Waals surface area contributed by atoms with Crippen LogP contribution in [0.2, 0.25) is 0 Å². The Morgan fingerprint density at radius 1 is 1.00 bits per heavy atom. The van der Waals surface area contributed by atoms with Crippen molar-refractivity contribution >= 4 is 17.7 Å². The SMILES string of the molecule is COc1cc(CNC(=O)CSc2nnc(-c3ccccc3)n2-c2ccccc2)ccc1C. The predicted molar refractivity (Wildman–Crippen MR) is 127 cm³/mol. The van der Waals surface area contributed by atoms with E-state index in [0.29, 0.717) is 11.7 Å². The first-order chi connectivity index (χ1) is 15.7. The van der Waals surface area contributed by atoms with E-state index in [0.717, 1.165) is 34.0 Å². The van der Waals surface area contributed by atoms with E-state index in [2.05, 4.69) is 15.5 Å². The summed E-state index contributed by atoms with van der Waals surface area (Å²) in [6.07, 6.45) is 0.